The molecular formula is C30H47Na3O9S2. The maximum Gasteiger partial charge on any atom is 1.00 e. The normalized spacial score (nSPS) is 35.3. The summed E-state index contributed by atoms with van der Waals surface area (Å²) in [7, 11) is -7.12. The first-order valence-electron chi connectivity index (χ1n) is 15.2. The van der Waals surface area contributed by atoms with Gasteiger partial charge in [0.05, 0.1) is 22.5 Å². The van der Waals surface area contributed by atoms with Gasteiger partial charge in [-0.3, -0.25) is 4.18 Å². The minimum atomic E-state index is -4.07. The van der Waals surface area contributed by atoms with Crippen molar-refractivity contribution in [3.8, 4) is 0 Å². The molecule has 9 nitrogen and oxygen atoms in total. The van der Waals surface area contributed by atoms with E-state index in [0.717, 1.165) is 23.7 Å². The summed E-state index contributed by atoms with van der Waals surface area (Å²) in [4.78, 5) is 0. The Hall–Kier alpha value is 1.92. The van der Waals surface area contributed by atoms with Crippen LogP contribution in [0.1, 0.15) is 52.8 Å². The van der Waals surface area contributed by atoms with Crippen LogP contribution in [0.15, 0.2) is 36.5 Å². The number of aliphatic hydroxyl groups excluding tert-OH is 1. The van der Waals surface area contributed by atoms with E-state index in [2.05, 4.69) is 40.6 Å². The smallest absolute Gasteiger partial charge is 1.00 e. The van der Waals surface area contributed by atoms with Crippen molar-refractivity contribution in [3.05, 3.63) is 36.5 Å². The molecule has 7 aliphatic rings. The number of rotatable bonds is 8. The summed E-state index contributed by atoms with van der Waals surface area (Å²) in [5.41, 5.74) is 0. The summed E-state index contributed by atoms with van der Waals surface area (Å²) in [6, 6.07) is 0. The third kappa shape index (κ3) is 14.4. The zero-order chi connectivity index (χ0) is 29.5. The van der Waals surface area contributed by atoms with E-state index in [0.29, 0.717) is 68.9 Å². The molecule has 1 N–H and O–H groups in total. The van der Waals surface area contributed by atoms with Crippen LogP contribution in [0.5, 0.6) is 0 Å². The van der Waals surface area contributed by atoms with Crippen molar-refractivity contribution < 1.29 is 131 Å². The molecule has 3 saturated carbocycles. The molecule has 9 atom stereocenters. The van der Waals surface area contributed by atoms with Gasteiger partial charge in [-0.25, -0.2) is 8.42 Å². The van der Waals surface area contributed by atoms with Gasteiger partial charge in [-0.05, 0) is 105 Å². The Bertz CT molecular complexity index is 1110. The van der Waals surface area contributed by atoms with Crippen LogP contribution in [-0.4, -0.2) is 71.0 Å². The van der Waals surface area contributed by atoms with E-state index >= 15 is 0 Å². The van der Waals surface area contributed by atoms with Crippen LogP contribution in [0, 0.1) is 53.3 Å². The summed E-state index contributed by atoms with van der Waals surface area (Å²) in [6.07, 6.45) is 22.0. The molecular weight excluding hydrogens is 637 g/mol. The van der Waals surface area contributed by atoms with Crippen LogP contribution in [-0.2, 0) is 29.2 Å². The quantitative estimate of drug-likeness (QED) is 0.0866. The number of ether oxygens (including phenoxy) is 1. The Morgan fingerprint density at radius 3 is 1.59 bits per heavy atom. The average Bonchev–Trinajstić information content (AvgIpc) is 3.79. The molecule has 7 rings (SSSR count). The Kier molecular flexibility index (Phi) is 21.2. The van der Waals surface area contributed by atoms with Gasteiger partial charge in [0, 0.05) is 25.6 Å². The van der Waals surface area contributed by atoms with E-state index in [-0.39, 0.29) is 108 Å². The van der Waals surface area contributed by atoms with Crippen molar-refractivity contribution in [2.24, 2.45) is 53.3 Å². The summed E-state index contributed by atoms with van der Waals surface area (Å²) < 4.78 is 61.2. The molecule has 0 aromatic carbocycles. The molecule has 0 aromatic rings. The van der Waals surface area contributed by atoms with Crippen LogP contribution in [0.2, 0.25) is 0 Å². The molecule has 1 heterocycles. The molecule has 1 aliphatic heterocycles. The van der Waals surface area contributed by atoms with Gasteiger partial charge < -0.3 is 20.9 Å². The molecule has 0 spiro atoms. The topological polar surface area (TPSA) is 153 Å². The van der Waals surface area contributed by atoms with Gasteiger partial charge in [-0.2, -0.15) is 8.42 Å². The molecule has 44 heavy (non-hydrogen) atoms. The second-order valence-corrected chi connectivity index (χ2v) is 15.9. The molecule has 9 unspecified atom stereocenters. The maximum absolute atomic E-state index is 10.5. The third-order valence-electron chi connectivity index (χ3n) is 9.51. The molecule has 6 aliphatic carbocycles. The monoisotopic (exact) mass is 684 g/mol. The van der Waals surface area contributed by atoms with Crippen molar-refractivity contribution >= 4 is 20.2 Å². The first-order valence-corrected chi connectivity index (χ1v) is 18.3. The van der Waals surface area contributed by atoms with Crippen LogP contribution in [0.3, 0.4) is 0 Å². The molecule has 14 heteroatoms. The Labute approximate surface area is 332 Å². The predicted octanol–water partition coefficient (Wildman–Crippen LogP) is -6.24. The van der Waals surface area contributed by atoms with Crippen LogP contribution < -0.4 is 93.8 Å². The van der Waals surface area contributed by atoms with Gasteiger partial charge in [0.15, 0.2) is 0 Å². The standard InChI is InChI=1S/C11H18O4S.C8H12O.C8H11O.C3H6O3S.3Na.H/c12-16(13,14)5-1-4-15-8-11-7-9-2-3-10(11)6-9;2*9-5-8-4-6-1-2-7(8)3-6;4-7(5)3-1-2-6-7;;;;/h2-3,9-11H,1,4-8H2,(H,12,13,14);1-2,6-9H,3-5H2;1-2,6-8H,3-5H2;1-3H2;;;;/q;;-1;;3*+1;-1/p-1. The zero-order valence-electron chi connectivity index (χ0n) is 27.8. The molecule has 6 bridgehead atoms. The Morgan fingerprint density at radius 1 is 0.818 bits per heavy atom. The summed E-state index contributed by atoms with van der Waals surface area (Å²) in [6.45, 7) is 1.99. The van der Waals surface area contributed by atoms with Crippen molar-refractivity contribution in [3.63, 3.8) is 0 Å². The fourth-order valence-electron chi connectivity index (χ4n) is 7.33. The molecule has 4 fully saturated rings. The fraction of sp³-hybridized carbons (Fsp3) is 0.800. The number of fused-ring (bicyclic) bond motifs is 6. The van der Waals surface area contributed by atoms with Crippen molar-refractivity contribution in [1.82, 2.24) is 0 Å². The van der Waals surface area contributed by atoms with Crippen molar-refractivity contribution in [1.29, 1.82) is 0 Å². The third-order valence-corrected chi connectivity index (χ3v) is 11.6. The fourth-order valence-corrected chi connectivity index (χ4v) is 8.76. The van der Waals surface area contributed by atoms with Crippen molar-refractivity contribution in [2.45, 2.75) is 51.4 Å². The molecule has 0 amide bonds. The number of allylic oxidation sites excluding steroid dienone is 6. The first kappa shape index (κ1) is 43.9. The van der Waals surface area contributed by atoms with E-state index in [4.69, 9.17) is 9.84 Å². The second-order valence-electron chi connectivity index (χ2n) is 12.6. The van der Waals surface area contributed by atoms with Gasteiger partial charge in [0.2, 0.25) is 0 Å². The zero-order valence-corrected chi connectivity index (χ0v) is 34.4. The molecule has 236 valence electrons. The van der Waals surface area contributed by atoms with Gasteiger partial charge >= 0.3 is 88.7 Å². The molecule has 1 saturated heterocycles. The van der Waals surface area contributed by atoms with Crippen LogP contribution >= 0.6 is 0 Å². The van der Waals surface area contributed by atoms with Gasteiger partial charge in [0.1, 0.15) is 0 Å². The van der Waals surface area contributed by atoms with Gasteiger partial charge in [-0.15, -0.1) is 6.61 Å². The van der Waals surface area contributed by atoms with E-state index in [9.17, 15) is 26.5 Å². The van der Waals surface area contributed by atoms with Crippen molar-refractivity contribution in [2.75, 3.05) is 44.5 Å². The van der Waals surface area contributed by atoms with Gasteiger partial charge in [0.25, 0.3) is 10.1 Å². The Balaban J connectivity index is 0.000000583. The van der Waals surface area contributed by atoms with E-state index in [1.165, 1.54) is 38.5 Å². The molecule has 0 aromatic heterocycles. The van der Waals surface area contributed by atoms with E-state index < -0.39 is 20.2 Å². The predicted molar refractivity (Wildman–Crippen MR) is 154 cm³/mol. The van der Waals surface area contributed by atoms with E-state index in [1.54, 1.807) is 0 Å². The number of hydrogen-bond acceptors (Lipinski definition) is 9. The molecule has 0 radical (unpaired) electrons. The summed E-state index contributed by atoms with van der Waals surface area (Å²) in [5.74, 6) is 5.93. The Morgan fingerprint density at radius 2 is 1.32 bits per heavy atom. The average molecular weight is 685 g/mol. The van der Waals surface area contributed by atoms with Crippen LogP contribution in [0.25, 0.3) is 0 Å². The maximum atomic E-state index is 10.5. The van der Waals surface area contributed by atoms with Gasteiger partial charge in [-0.1, -0.05) is 36.5 Å². The SMILES string of the molecule is O=S(=O)([O-])CCCOCC1CC2C=CC1C2.O=S1(=O)CCCO1.OCC1CC2C=CC1C2.[H-].[Na+].[Na+].[Na+].[O-]CC1CC2C=CC1C2. The van der Waals surface area contributed by atoms with Crippen LogP contribution in [0.4, 0.5) is 0 Å². The summed E-state index contributed by atoms with van der Waals surface area (Å²) in [5, 5.41) is 19.3. The minimum absolute atomic E-state index is 0. The summed E-state index contributed by atoms with van der Waals surface area (Å²) >= 11 is 0. The number of aliphatic hydroxyl groups is 1. The minimum Gasteiger partial charge on any atom is -1.00 e. The first-order chi connectivity index (χ1) is 19.5. The van der Waals surface area contributed by atoms with E-state index in [1.807, 2.05) is 0 Å². The number of hydrogen-bond donors (Lipinski definition) is 1. The second kappa shape index (κ2) is 21.2. The largest absolute Gasteiger partial charge is 1.00 e.